The van der Waals surface area contributed by atoms with Gasteiger partial charge < -0.3 is 4.90 Å². The zero-order valence-electron chi connectivity index (χ0n) is 6.34. The van der Waals surface area contributed by atoms with Crippen molar-refractivity contribution in [3.8, 4) is 0 Å². The monoisotopic (exact) mass is 139 g/mol. The average Bonchev–Trinajstić information content (AvgIpc) is 2.44. The van der Waals surface area contributed by atoms with Crippen LogP contribution >= 0.6 is 0 Å². The second kappa shape index (κ2) is 2.06. The van der Waals surface area contributed by atoms with E-state index >= 15 is 0 Å². The average molecular weight is 139 g/mol. The molecule has 0 aromatic carbocycles. The van der Waals surface area contributed by atoms with Crippen LogP contribution in [0.25, 0.3) is 0 Å². The molecule has 0 aromatic heterocycles. The molecule has 2 aliphatic rings. The molecule has 1 unspecified atom stereocenters. The molecule has 0 radical (unpaired) electrons. The van der Waals surface area contributed by atoms with Crippen molar-refractivity contribution >= 4 is 5.78 Å². The van der Waals surface area contributed by atoms with Crippen LogP contribution in [0.5, 0.6) is 0 Å². The lowest BCUT2D eigenvalue weighted by molar-refractivity contribution is -0.121. The van der Waals surface area contributed by atoms with Crippen molar-refractivity contribution in [1.29, 1.82) is 0 Å². The highest BCUT2D eigenvalue weighted by Gasteiger charge is 2.39. The Kier molecular flexibility index (Phi) is 1.31. The topological polar surface area (TPSA) is 20.3 Å². The first-order chi connectivity index (χ1) is 4.77. The number of Topliss-reactive ketones (excluding diaryl/α,β-unsaturated/α-hetero) is 1. The van der Waals surface area contributed by atoms with Crippen LogP contribution in [0.4, 0.5) is 0 Å². The number of hydrogen-bond acceptors (Lipinski definition) is 2. The third-order valence-electron chi connectivity index (χ3n) is 2.85. The summed E-state index contributed by atoms with van der Waals surface area (Å²) in [7, 11) is 0. The van der Waals surface area contributed by atoms with Crippen LogP contribution in [-0.2, 0) is 4.79 Å². The zero-order valence-corrected chi connectivity index (χ0v) is 6.34. The van der Waals surface area contributed by atoms with Crippen LogP contribution in [0, 0.1) is 11.8 Å². The fraction of sp³-hybridized carbons (Fsp3) is 0.875. The molecule has 0 aliphatic carbocycles. The Labute approximate surface area is 61.2 Å². The minimum atomic E-state index is 0.383. The largest absolute Gasteiger partial charge is 0.302 e. The smallest absolute Gasteiger partial charge is 0.134 e. The van der Waals surface area contributed by atoms with Gasteiger partial charge in [0.25, 0.3) is 0 Å². The van der Waals surface area contributed by atoms with E-state index in [0.29, 0.717) is 17.6 Å². The van der Waals surface area contributed by atoms with E-state index in [1.807, 2.05) is 0 Å². The van der Waals surface area contributed by atoms with Crippen molar-refractivity contribution in [3.63, 3.8) is 0 Å². The summed E-state index contributed by atoms with van der Waals surface area (Å²) in [5, 5.41) is 0. The van der Waals surface area contributed by atoms with E-state index in [4.69, 9.17) is 0 Å². The van der Waals surface area contributed by atoms with Crippen molar-refractivity contribution in [1.82, 2.24) is 4.90 Å². The third-order valence-corrected chi connectivity index (χ3v) is 2.85. The molecule has 0 spiro atoms. The maximum Gasteiger partial charge on any atom is 0.134 e. The fourth-order valence-electron chi connectivity index (χ4n) is 2.24. The molecule has 2 fully saturated rings. The third kappa shape index (κ3) is 0.788. The van der Waals surface area contributed by atoms with E-state index in [2.05, 4.69) is 4.90 Å². The van der Waals surface area contributed by atoms with Gasteiger partial charge in [-0.2, -0.15) is 0 Å². The van der Waals surface area contributed by atoms with Crippen molar-refractivity contribution in [3.05, 3.63) is 0 Å². The summed E-state index contributed by atoms with van der Waals surface area (Å²) in [6.45, 7) is 5.19. The first kappa shape index (κ1) is 6.35. The van der Waals surface area contributed by atoms with E-state index in [0.717, 1.165) is 6.54 Å². The molecule has 0 N–H and O–H groups in total. The molecule has 3 atom stereocenters. The van der Waals surface area contributed by atoms with Crippen molar-refractivity contribution in [2.45, 2.75) is 13.3 Å². The van der Waals surface area contributed by atoms with Gasteiger partial charge in [-0.05, 0) is 25.8 Å². The number of fused-ring (bicyclic) bond motifs is 2. The highest BCUT2D eigenvalue weighted by Crippen LogP contribution is 2.32. The minimum Gasteiger partial charge on any atom is -0.302 e. The van der Waals surface area contributed by atoms with Gasteiger partial charge in [0.2, 0.25) is 0 Å². The SMILES string of the molecule is CC(=O)[C@H]1CN2CC[C@H]1C2. The molecular weight excluding hydrogens is 126 g/mol. The van der Waals surface area contributed by atoms with Crippen LogP contribution in [0.2, 0.25) is 0 Å². The van der Waals surface area contributed by atoms with Crippen LogP contribution in [0.1, 0.15) is 13.3 Å². The highest BCUT2D eigenvalue weighted by molar-refractivity contribution is 5.79. The number of rotatable bonds is 1. The lowest BCUT2D eigenvalue weighted by Gasteiger charge is -2.18. The molecule has 10 heavy (non-hydrogen) atoms. The van der Waals surface area contributed by atoms with E-state index in [1.54, 1.807) is 6.92 Å². The number of hydrogen-bond donors (Lipinski definition) is 0. The quantitative estimate of drug-likeness (QED) is 0.528. The van der Waals surface area contributed by atoms with Gasteiger partial charge in [0.15, 0.2) is 0 Å². The van der Waals surface area contributed by atoms with Gasteiger partial charge in [0.1, 0.15) is 5.78 Å². The Morgan fingerprint density at radius 1 is 1.50 bits per heavy atom. The first-order valence-corrected chi connectivity index (χ1v) is 4.00. The number of carbonyl (C=O) groups excluding carboxylic acids is 1. The Hall–Kier alpha value is -0.370. The summed E-state index contributed by atoms with van der Waals surface area (Å²) in [5.74, 6) is 1.48. The van der Waals surface area contributed by atoms with Crippen molar-refractivity contribution in [2.75, 3.05) is 19.6 Å². The Bertz CT molecular complexity index is 167. The molecule has 0 amide bonds. The molecule has 2 bridgehead atoms. The second-order valence-corrected chi connectivity index (χ2v) is 3.53. The molecule has 2 heteroatoms. The molecule has 0 aromatic rings. The summed E-state index contributed by atoms with van der Waals surface area (Å²) in [4.78, 5) is 13.4. The predicted molar refractivity (Wildman–Crippen MR) is 38.7 cm³/mol. The minimum absolute atomic E-state index is 0.383. The number of ketones is 1. The van der Waals surface area contributed by atoms with Crippen LogP contribution in [0.3, 0.4) is 0 Å². The summed E-state index contributed by atoms with van der Waals surface area (Å²) in [6.07, 6.45) is 1.25. The van der Waals surface area contributed by atoms with E-state index in [-0.39, 0.29) is 0 Å². The maximum atomic E-state index is 11.0. The Morgan fingerprint density at radius 3 is 2.60 bits per heavy atom. The zero-order chi connectivity index (χ0) is 7.14. The molecule has 2 saturated heterocycles. The summed E-state index contributed by atoms with van der Waals surface area (Å²) >= 11 is 0. The fourth-order valence-corrected chi connectivity index (χ4v) is 2.24. The molecule has 2 aliphatic heterocycles. The second-order valence-electron chi connectivity index (χ2n) is 3.53. The standard InChI is InChI=1S/C8H13NO/c1-6(10)8-5-9-3-2-7(8)4-9/h7-8H,2-5H2,1H3/t7-,8+/m0/s1. The predicted octanol–water partition coefficient (Wildman–Crippen LogP) is 0.527. The molecule has 0 saturated carbocycles. The summed E-state index contributed by atoms with van der Waals surface area (Å²) < 4.78 is 0. The van der Waals surface area contributed by atoms with Crippen LogP contribution in [-0.4, -0.2) is 30.3 Å². The van der Waals surface area contributed by atoms with Gasteiger partial charge >= 0.3 is 0 Å². The number of nitrogens with zero attached hydrogens (tertiary/aromatic N) is 1. The van der Waals surface area contributed by atoms with Gasteiger partial charge in [-0.1, -0.05) is 0 Å². The van der Waals surface area contributed by atoms with E-state index in [9.17, 15) is 4.79 Å². The molecule has 2 rings (SSSR count). The van der Waals surface area contributed by atoms with Crippen LogP contribution in [0.15, 0.2) is 0 Å². The van der Waals surface area contributed by atoms with Gasteiger partial charge in [-0.15, -0.1) is 0 Å². The number of carbonyl (C=O) groups is 1. The van der Waals surface area contributed by atoms with Gasteiger partial charge in [0, 0.05) is 19.0 Å². The number of piperidine rings is 1. The highest BCUT2D eigenvalue weighted by atomic mass is 16.1. The summed E-state index contributed by atoms with van der Waals surface area (Å²) in [6, 6.07) is 0. The first-order valence-electron chi connectivity index (χ1n) is 4.00. The maximum absolute atomic E-state index is 11.0. The van der Waals surface area contributed by atoms with Gasteiger partial charge in [-0.25, -0.2) is 0 Å². The van der Waals surface area contributed by atoms with E-state index < -0.39 is 0 Å². The van der Waals surface area contributed by atoms with Crippen LogP contribution < -0.4 is 0 Å². The lowest BCUT2D eigenvalue weighted by Crippen LogP contribution is -2.27. The van der Waals surface area contributed by atoms with Gasteiger partial charge in [-0.3, -0.25) is 4.79 Å². The van der Waals surface area contributed by atoms with Crippen molar-refractivity contribution in [2.24, 2.45) is 11.8 Å². The summed E-state index contributed by atoms with van der Waals surface area (Å²) in [5.41, 5.74) is 0. The van der Waals surface area contributed by atoms with E-state index in [1.165, 1.54) is 19.5 Å². The normalized spacial score (nSPS) is 44.3. The molecule has 2 heterocycles. The van der Waals surface area contributed by atoms with Gasteiger partial charge in [0.05, 0.1) is 0 Å². The Morgan fingerprint density at radius 2 is 2.30 bits per heavy atom. The lowest BCUT2D eigenvalue weighted by atomic mass is 9.90. The molecule has 56 valence electrons. The molecular formula is C8H13NO. The molecule has 2 nitrogen and oxygen atoms in total. The Balaban J connectivity index is 2.08. The van der Waals surface area contributed by atoms with Crippen molar-refractivity contribution < 1.29 is 4.79 Å².